The summed E-state index contributed by atoms with van der Waals surface area (Å²) in [7, 11) is 4.09. The molecule has 1 saturated heterocycles. The smallest absolute Gasteiger partial charge is 0.254 e. The molecule has 7 heteroatoms. The third-order valence-corrected chi connectivity index (χ3v) is 6.06. The van der Waals surface area contributed by atoms with Crippen LogP contribution in [0.5, 0.6) is 0 Å². The molecule has 0 spiro atoms. The van der Waals surface area contributed by atoms with Crippen LogP contribution in [0.2, 0.25) is 0 Å². The van der Waals surface area contributed by atoms with Crippen molar-refractivity contribution < 1.29 is 9.53 Å². The summed E-state index contributed by atoms with van der Waals surface area (Å²) in [5.41, 5.74) is 6.84. The molecule has 1 unspecified atom stereocenters. The Bertz CT molecular complexity index is 1140. The van der Waals surface area contributed by atoms with Gasteiger partial charge in [0, 0.05) is 38.0 Å². The molecule has 0 aliphatic carbocycles. The number of nitrogens with one attached hydrogen (secondary N) is 2. The molecule has 1 amide bonds. The highest BCUT2D eigenvalue weighted by molar-refractivity contribution is 6.06. The number of benzene rings is 1. The molecule has 5 rings (SSSR count). The van der Waals surface area contributed by atoms with Gasteiger partial charge in [0.15, 0.2) is 0 Å². The Morgan fingerprint density at radius 2 is 1.91 bits per heavy atom. The lowest BCUT2D eigenvalue weighted by Crippen LogP contribution is -2.16. The van der Waals surface area contributed by atoms with E-state index in [0.29, 0.717) is 18.0 Å². The zero-order chi connectivity index (χ0) is 24.1. The Morgan fingerprint density at radius 3 is 2.62 bits per heavy atom. The van der Waals surface area contributed by atoms with Gasteiger partial charge in [0.1, 0.15) is 5.82 Å². The topological polar surface area (TPSA) is 79.4 Å². The number of nitrogens with zero attached hydrogens (tertiary/aromatic N) is 3. The summed E-state index contributed by atoms with van der Waals surface area (Å²) in [5, 5.41) is 6.38. The fraction of sp³-hybridized carbons (Fsp3) is 0.370. The highest BCUT2D eigenvalue weighted by Gasteiger charge is 2.27. The van der Waals surface area contributed by atoms with Crippen molar-refractivity contribution in [2.45, 2.75) is 39.3 Å². The minimum absolute atomic E-state index is 0.0633. The standard InChI is InChI=1S/C25H27N5O2.C2H6/c1-30(2)14-22-19(17-9-12-32-15-17)4-6-23(29-22)28-21-5-3-18(16-7-10-26-11-8-16)20-13-27-25(31)24(20)21;1-2/h3-8,10-11,17H,9,12-15H2,1-2H3,(H,27,31)(H,28,29);1-2H3. The fourth-order valence-electron chi connectivity index (χ4n) is 4.55. The number of carbonyl (C=O) groups excluding carboxylic acids is 1. The summed E-state index contributed by atoms with van der Waals surface area (Å²) < 4.78 is 5.60. The summed E-state index contributed by atoms with van der Waals surface area (Å²) in [6, 6.07) is 12.1. The van der Waals surface area contributed by atoms with Gasteiger partial charge in [-0.15, -0.1) is 0 Å². The maximum Gasteiger partial charge on any atom is 0.254 e. The van der Waals surface area contributed by atoms with Gasteiger partial charge >= 0.3 is 0 Å². The van der Waals surface area contributed by atoms with Crippen LogP contribution in [0.25, 0.3) is 11.1 Å². The average Bonchev–Trinajstić information content (AvgIpc) is 3.52. The van der Waals surface area contributed by atoms with E-state index in [-0.39, 0.29) is 5.91 Å². The Balaban J connectivity index is 0.00000133. The second-order valence-corrected chi connectivity index (χ2v) is 8.59. The summed E-state index contributed by atoms with van der Waals surface area (Å²) >= 11 is 0. The number of aromatic nitrogens is 2. The normalized spacial score (nSPS) is 16.6. The molecule has 1 aromatic carbocycles. The van der Waals surface area contributed by atoms with Crippen LogP contribution in [0.1, 0.15) is 53.4 Å². The van der Waals surface area contributed by atoms with E-state index in [1.165, 1.54) is 5.56 Å². The molecule has 3 aromatic rings. The van der Waals surface area contributed by atoms with E-state index in [9.17, 15) is 4.79 Å². The van der Waals surface area contributed by atoms with Crippen molar-refractivity contribution >= 4 is 17.4 Å². The molecule has 0 saturated carbocycles. The molecule has 2 aromatic heterocycles. The molecule has 0 bridgehead atoms. The minimum Gasteiger partial charge on any atom is -0.381 e. The van der Waals surface area contributed by atoms with Gasteiger partial charge in [0.2, 0.25) is 0 Å². The fourth-order valence-corrected chi connectivity index (χ4v) is 4.55. The Kier molecular flexibility index (Phi) is 7.55. The second kappa shape index (κ2) is 10.8. The van der Waals surface area contributed by atoms with Crippen LogP contribution >= 0.6 is 0 Å². The van der Waals surface area contributed by atoms with Gasteiger partial charge in [-0.2, -0.15) is 0 Å². The van der Waals surface area contributed by atoms with Crippen LogP contribution in [0.15, 0.2) is 48.8 Å². The van der Waals surface area contributed by atoms with Crippen molar-refractivity contribution in [2.75, 3.05) is 32.6 Å². The van der Waals surface area contributed by atoms with Crippen molar-refractivity contribution in [3.63, 3.8) is 0 Å². The maximum absolute atomic E-state index is 12.7. The van der Waals surface area contributed by atoms with Gasteiger partial charge in [-0.05, 0) is 67.0 Å². The van der Waals surface area contributed by atoms with Gasteiger partial charge in [-0.3, -0.25) is 9.78 Å². The Morgan fingerprint density at radius 1 is 1.12 bits per heavy atom. The molecule has 2 aliphatic heterocycles. The molecule has 34 heavy (non-hydrogen) atoms. The second-order valence-electron chi connectivity index (χ2n) is 8.59. The zero-order valence-corrected chi connectivity index (χ0v) is 20.4. The number of hydrogen-bond donors (Lipinski definition) is 2. The summed E-state index contributed by atoms with van der Waals surface area (Å²) in [5.74, 6) is 1.07. The predicted octanol–water partition coefficient (Wildman–Crippen LogP) is 4.72. The van der Waals surface area contributed by atoms with Crippen molar-refractivity contribution in [3.05, 3.63) is 71.2 Å². The molecule has 178 valence electrons. The SMILES string of the molecule is CC.CN(C)Cc1nc(Nc2ccc(-c3ccncc3)c3c2C(=O)NC3)ccc1C1CCOC1. The molecule has 7 nitrogen and oxygen atoms in total. The highest BCUT2D eigenvalue weighted by Crippen LogP contribution is 2.35. The summed E-state index contributed by atoms with van der Waals surface area (Å²) in [6.07, 6.45) is 4.56. The molecule has 2 N–H and O–H groups in total. The number of pyridine rings is 2. The van der Waals surface area contributed by atoms with Crippen molar-refractivity contribution in [2.24, 2.45) is 0 Å². The maximum atomic E-state index is 12.7. The van der Waals surface area contributed by atoms with Gasteiger partial charge in [0.05, 0.1) is 23.6 Å². The summed E-state index contributed by atoms with van der Waals surface area (Å²) in [4.78, 5) is 23.9. The van der Waals surface area contributed by atoms with Crippen LogP contribution in [0.4, 0.5) is 11.5 Å². The van der Waals surface area contributed by atoms with E-state index in [1.807, 2.05) is 52.2 Å². The number of amides is 1. The first-order valence-electron chi connectivity index (χ1n) is 11.9. The molecular formula is C27H33N5O2. The molecule has 2 aliphatic rings. The number of carbonyl (C=O) groups is 1. The zero-order valence-electron chi connectivity index (χ0n) is 20.4. The Labute approximate surface area is 201 Å². The number of hydrogen-bond acceptors (Lipinski definition) is 6. The van der Waals surface area contributed by atoms with Crippen molar-refractivity contribution in [1.29, 1.82) is 0 Å². The lowest BCUT2D eigenvalue weighted by molar-refractivity contribution is 0.0966. The molecular weight excluding hydrogens is 426 g/mol. The monoisotopic (exact) mass is 459 g/mol. The number of rotatable bonds is 6. The van der Waals surface area contributed by atoms with Crippen LogP contribution in [0.3, 0.4) is 0 Å². The van der Waals surface area contributed by atoms with Gasteiger partial charge < -0.3 is 20.3 Å². The van der Waals surface area contributed by atoms with Gasteiger partial charge in [-0.25, -0.2) is 4.98 Å². The first kappa shape index (κ1) is 23.9. The lowest BCUT2D eigenvalue weighted by atomic mass is 9.95. The third kappa shape index (κ3) is 4.95. The molecule has 1 atom stereocenters. The molecule has 0 radical (unpaired) electrons. The Hall–Kier alpha value is -3.29. The third-order valence-electron chi connectivity index (χ3n) is 6.06. The van der Waals surface area contributed by atoms with E-state index in [4.69, 9.17) is 9.72 Å². The highest BCUT2D eigenvalue weighted by atomic mass is 16.5. The van der Waals surface area contributed by atoms with Crippen LogP contribution in [-0.2, 0) is 17.8 Å². The van der Waals surface area contributed by atoms with Crippen LogP contribution in [-0.4, -0.2) is 48.1 Å². The van der Waals surface area contributed by atoms with E-state index < -0.39 is 0 Å². The van der Waals surface area contributed by atoms with Gasteiger partial charge in [-0.1, -0.05) is 26.0 Å². The van der Waals surface area contributed by atoms with Crippen molar-refractivity contribution in [3.8, 4) is 11.1 Å². The number of ether oxygens (including phenoxy) is 1. The van der Waals surface area contributed by atoms with E-state index >= 15 is 0 Å². The van der Waals surface area contributed by atoms with Gasteiger partial charge in [0.25, 0.3) is 5.91 Å². The predicted molar refractivity (Wildman–Crippen MR) is 135 cm³/mol. The first-order chi connectivity index (χ1) is 16.6. The molecule has 4 heterocycles. The molecule has 1 fully saturated rings. The van der Waals surface area contributed by atoms with E-state index in [0.717, 1.165) is 60.1 Å². The largest absolute Gasteiger partial charge is 0.381 e. The number of fused-ring (bicyclic) bond motifs is 1. The van der Waals surface area contributed by atoms with E-state index in [1.54, 1.807) is 12.4 Å². The summed E-state index contributed by atoms with van der Waals surface area (Å²) in [6.45, 7) is 6.82. The first-order valence-corrected chi connectivity index (χ1v) is 11.9. The average molecular weight is 460 g/mol. The quantitative estimate of drug-likeness (QED) is 0.555. The number of anilines is 2. The van der Waals surface area contributed by atoms with E-state index in [2.05, 4.69) is 32.7 Å². The lowest BCUT2D eigenvalue weighted by Gasteiger charge is -2.19. The van der Waals surface area contributed by atoms with Crippen LogP contribution < -0.4 is 10.6 Å². The minimum atomic E-state index is -0.0633. The van der Waals surface area contributed by atoms with Crippen molar-refractivity contribution in [1.82, 2.24) is 20.2 Å². The van der Waals surface area contributed by atoms with Crippen LogP contribution in [0, 0.1) is 0 Å².